The Bertz CT molecular complexity index is 1450. The molecule has 7 nitrogen and oxygen atoms in total. The molecule has 0 atom stereocenters. The van der Waals surface area contributed by atoms with E-state index >= 15 is 0 Å². The standard InChI is InChI=1S/C28H24N4O3S/c29-18-22-11-15-27(16-12-22)36(34,35)32(21-26-8-4-5-17-30-26)20-24-9-13-25(14-10-24)28(33)31-19-23-6-2-1-3-7-23/h1-17H,19-21H2,(H,31,33). The largest absolute Gasteiger partial charge is 0.348 e. The van der Waals surface area contributed by atoms with Gasteiger partial charge in [0.2, 0.25) is 10.0 Å². The van der Waals surface area contributed by atoms with Crippen LogP contribution in [0, 0.1) is 11.3 Å². The number of amides is 1. The number of carbonyl (C=O) groups is 1. The summed E-state index contributed by atoms with van der Waals surface area (Å²) in [5.74, 6) is -0.207. The van der Waals surface area contributed by atoms with Gasteiger partial charge in [0.05, 0.1) is 28.8 Å². The first-order valence-corrected chi connectivity index (χ1v) is 12.7. The molecule has 0 aliphatic rings. The molecule has 36 heavy (non-hydrogen) atoms. The second kappa shape index (κ2) is 11.4. The third-order valence-electron chi connectivity index (χ3n) is 5.56. The van der Waals surface area contributed by atoms with Crippen LogP contribution in [0.25, 0.3) is 0 Å². The highest BCUT2D eigenvalue weighted by atomic mass is 32.2. The third-order valence-corrected chi connectivity index (χ3v) is 7.36. The molecule has 0 bridgehead atoms. The highest BCUT2D eigenvalue weighted by molar-refractivity contribution is 7.89. The predicted molar refractivity (Wildman–Crippen MR) is 136 cm³/mol. The lowest BCUT2D eigenvalue weighted by molar-refractivity contribution is 0.0951. The summed E-state index contributed by atoms with van der Waals surface area (Å²) in [6.45, 7) is 0.579. The number of nitriles is 1. The predicted octanol–water partition coefficient (Wildman–Crippen LogP) is 4.27. The molecule has 1 heterocycles. The molecule has 4 aromatic rings. The van der Waals surface area contributed by atoms with Gasteiger partial charge in [-0.05, 0) is 59.7 Å². The van der Waals surface area contributed by atoms with E-state index in [0.717, 1.165) is 11.1 Å². The number of pyridine rings is 1. The van der Waals surface area contributed by atoms with Gasteiger partial charge in [0, 0.05) is 24.8 Å². The van der Waals surface area contributed by atoms with Crippen molar-refractivity contribution < 1.29 is 13.2 Å². The van der Waals surface area contributed by atoms with E-state index in [4.69, 9.17) is 5.26 Å². The minimum atomic E-state index is -3.88. The third kappa shape index (κ3) is 6.21. The van der Waals surface area contributed by atoms with Crippen LogP contribution in [0.1, 0.15) is 32.7 Å². The van der Waals surface area contributed by atoms with E-state index in [1.807, 2.05) is 36.4 Å². The molecule has 1 amide bonds. The van der Waals surface area contributed by atoms with E-state index in [1.165, 1.54) is 28.6 Å². The second-order valence-corrected chi connectivity index (χ2v) is 10.0. The maximum atomic E-state index is 13.5. The van der Waals surface area contributed by atoms with Crippen molar-refractivity contribution in [1.82, 2.24) is 14.6 Å². The Hall–Kier alpha value is -4.32. The molecule has 0 aliphatic heterocycles. The van der Waals surface area contributed by atoms with Crippen molar-refractivity contribution in [3.63, 3.8) is 0 Å². The normalized spacial score (nSPS) is 11.1. The van der Waals surface area contributed by atoms with Gasteiger partial charge in [-0.25, -0.2) is 8.42 Å². The summed E-state index contributed by atoms with van der Waals surface area (Å²) in [7, 11) is -3.88. The first-order valence-electron chi connectivity index (χ1n) is 11.3. The van der Waals surface area contributed by atoms with Crippen LogP contribution in [-0.2, 0) is 29.7 Å². The molecular weight excluding hydrogens is 472 g/mol. The average Bonchev–Trinajstić information content (AvgIpc) is 2.93. The molecule has 0 spiro atoms. The highest BCUT2D eigenvalue weighted by Gasteiger charge is 2.25. The van der Waals surface area contributed by atoms with Gasteiger partial charge >= 0.3 is 0 Å². The minimum Gasteiger partial charge on any atom is -0.348 e. The summed E-state index contributed by atoms with van der Waals surface area (Å²) < 4.78 is 28.3. The van der Waals surface area contributed by atoms with Crippen molar-refractivity contribution in [3.8, 4) is 6.07 Å². The summed E-state index contributed by atoms with van der Waals surface area (Å²) in [5.41, 5.74) is 3.20. The molecule has 0 aliphatic carbocycles. The van der Waals surface area contributed by atoms with E-state index in [2.05, 4.69) is 10.3 Å². The summed E-state index contributed by atoms with van der Waals surface area (Å²) in [4.78, 5) is 16.9. The molecule has 3 aromatic carbocycles. The van der Waals surface area contributed by atoms with E-state index in [9.17, 15) is 13.2 Å². The Kier molecular flexibility index (Phi) is 7.85. The molecule has 180 valence electrons. The Morgan fingerprint density at radius 3 is 2.17 bits per heavy atom. The van der Waals surface area contributed by atoms with Crippen LogP contribution < -0.4 is 5.32 Å². The zero-order chi connectivity index (χ0) is 25.4. The molecule has 4 rings (SSSR count). The maximum Gasteiger partial charge on any atom is 0.251 e. The molecule has 1 aromatic heterocycles. The van der Waals surface area contributed by atoms with Gasteiger partial charge in [-0.1, -0.05) is 48.5 Å². The maximum absolute atomic E-state index is 13.5. The van der Waals surface area contributed by atoms with Crippen LogP contribution in [0.4, 0.5) is 0 Å². The van der Waals surface area contributed by atoms with Gasteiger partial charge in [0.1, 0.15) is 0 Å². The zero-order valence-corrected chi connectivity index (χ0v) is 20.2. The summed E-state index contributed by atoms with van der Waals surface area (Å²) in [5, 5.41) is 11.9. The lowest BCUT2D eigenvalue weighted by atomic mass is 10.1. The minimum absolute atomic E-state index is 0.0719. The van der Waals surface area contributed by atoms with Gasteiger partial charge in [-0.15, -0.1) is 0 Å². The van der Waals surface area contributed by atoms with Crippen LogP contribution in [-0.4, -0.2) is 23.6 Å². The number of benzene rings is 3. The first kappa shape index (κ1) is 24.8. The number of carbonyl (C=O) groups excluding carboxylic acids is 1. The topological polar surface area (TPSA) is 103 Å². The van der Waals surface area contributed by atoms with Crippen LogP contribution >= 0.6 is 0 Å². The average molecular weight is 497 g/mol. The van der Waals surface area contributed by atoms with E-state index < -0.39 is 10.0 Å². The van der Waals surface area contributed by atoms with Crippen molar-refractivity contribution in [2.75, 3.05) is 0 Å². The van der Waals surface area contributed by atoms with Gasteiger partial charge < -0.3 is 5.32 Å². The molecule has 0 saturated carbocycles. The zero-order valence-electron chi connectivity index (χ0n) is 19.4. The van der Waals surface area contributed by atoms with Crippen molar-refractivity contribution in [2.45, 2.75) is 24.5 Å². The van der Waals surface area contributed by atoms with Crippen LogP contribution in [0.5, 0.6) is 0 Å². The fourth-order valence-electron chi connectivity index (χ4n) is 3.59. The van der Waals surface area contributed by atoms with Crippen LogP contribution in [0.15, 0.2) is 108 Å². The van der Waals surface area contributed by atoms with Gasteiger partial charge in [-0.3, -0.25) is 9.78 Å². The number of nitrogens with one attached hydrogen (secondary N) is 1. The Morgan fingerprint density at radius 1 is 0.833 bits per heavy atom. The Morgan fingerprint density at radius 2 is 1.53 bits per heavy atom. The number of sulfonamides is 1. The number of rotatable bonds is 9. The lowest BCUT2D eigenvalue weighted by Crippen LogP contribution is -2.30. The van der Waals surface area contributed by atoms with Crippen molar-refractivity contribution in [2.24, 2.45) is 0 Å². The first-order chi connectivity index (χ1) is 17.5. The van der Waals surface area contributed by atoms with Gasteiger partial charge in [0.15, 0.2) is 0 Å². The molecule has 0 saturated heterocycles. The van der Waals surface area contributed by atoms with Gasteiger partial charge in [-0.2, -0.15) is 9.57 Å². The second-order valence-electron chi connectivity index (χ2n) is 8.10. The fraction of sp³-hybridized carbons (Fsp3) is 0.107. The number of nitrogens with zero attached hydrogens (tertiary/aromatic N) is 3. The van der Waals surface area contributed by atoms with Crippen molar-refractivity contribution in [1.29, 1.82) is 5.26 Å². The number of aromatic nitrogens is 1. The molecule has 0 unspecified atom stereocenters. The highest BCUT2D eigenvalue weighted by Crippen LogP contribution is 2.21. The van der Waals surface area contributed by atoms with Crippen LogP contribution in [0.2, 0.25) is 0 Å². The number of hydrogen-bond acceptors (Lipinski definition) is 5. The Labute approximate surface area is 210 Å². The van der Waals surface area contributed by atoms with E-state index in [-0.39, 0.29) is 23.9 Å². The smallest absolute Gasteiger partial charge is 0.251 e. The molecular formula is C28H24N4O3S. The lowest BCUT2D eigenvalue weighted by Gasteiger charge is -2.22. The summed E-state index contributed by atoms with van der Waals surface area (Å²) >= 11 is 0. The Balaban J connectivity index is 1.52. The van der Waals surface area contributed by atoms with Crippen LogP contribution in [0.3, 0.4) is 0 Å². The molecule has 8 heteroatoms. The van der Waals surface area contributed by atoms with E-state index in [0.29, 0.717) is 23.4 Å². The van der Waals surface area contributed by atoms with E-state index in [1.54, 1.807) is 48.7 Å². The molecule has 1 N–H and O–H groups in total. The number of hydrogen-bond donors (Lipinski definition) is 1. The van der Waals surface area contributed by atoms with Crippen molar-refractivity contribution >= 4 is 15.9 Å². The SMILES string of the molecule is N#Cc1ccc(S(=O)(=O)N(Cc2ccc(C(=O)NCc3ccccc3)cc2)Cc2ccccn2)cc1. The van der Waals surface area contributed by atoms with Crippen molar-refractivity contribution in [3.05, 3.63) is 131 Å². The summed E-state index contributed by atoms with van der Waals surface area (Å²) in [6, 6.07) is 29.6. The molecule has 0 fully saturated rings. The fourth-order valence-corrected chi connectivity index (χ4v) is 4.99. The summed E-state index contributed by atoms with van der Waals surface area (Å²) in [6.07, 6.45) is 1.62. The van der Waals surface area contributed by atoms with Gasteiger partial charge in [0.25, 0.3) is 5.91 Å². The quantitative estimate of drug-likeness (QED) is 0.373. The molecule has 0 radical (unpaired) electrons. The monoisotopic (exact) mass is 496 g/mol.